The maximum atomic E-state index is 14.0. The summed E-state index contributed by atoms with van der Waals surface area (Å²) in [6.07, 6.45) is 2.36. The van der Waals surface area contributed by atoms with E-state index in [-0.39, 0.29) is 69.4 Å². The molecule has 0 atom stereocenters. The Balaban J connectivity index is 0.00000442. The molecular formula is C34H35KN4O5. The average molecular weight is 619 g/mol. The summed E-state index contributed by atoms with van der Waals surface area (Å²) in [5.74, 6) is 1.47. The molecule has 0 radical (unpaired) electrons. The van der Waals surface area contributed by atoms with Gasteiger partial charge in [0, 0.05) is 17.5 Å². The van der Waals surface area contributed by atoms with Crippen LogP contribution in [-0.4, -0.2) is 37.0 Å². The van der Waals surface area contributed by atoms with Crippen molar-refractivity contribution in [1.82, 2.24) is 19.7 Å². The second-order valence-electron chi connectivity index (χ2n) is 11.1. The van der Waals surface area contributed by atoms with E-state index in [0.29, 0.717) is 34.8 Å². The van der Waals surface area contributed by atoms with E-state index >= 15 is 0 Å². The molecule has 2 heterocycles. The largest absolute Gasteiger partial charge is 1.00 e. The second-order valence-corrected chi connectivity index (χ2v) is 11.1. The van der Waals surface area contributed by atoms with Gasteiger partial charge in [0.25, 0.3) is 5.56 Å². The fourth-order valence-corrected chi connectivity index (χ4v) is 5.02. The van der Waals surface area contributed by atoms with Crippen molar-refractivity contribution in [2.45, 2.75) is 59.0 Å². The number of ether oxygens (including phenoxy) is 1. The zero-order valence-corrected chi connectivity index (χ0v) is 29.0. The molecule has 0 bridgehead atoms. The Hall–Kier alpha value is -3.12. The molecule has 0 amide bonds. The van der Waals surface area contributed by atoms with E-state index < -0.39 is 11.7 Å². The van der Waals surface area contributed by atoms with Crippen LogP contribution < -0.4 is 66.8 Å². The van der Waals surface area contributed by atoms with Crippen LogP contribution in [0.15, 0.2) is 82.1 Å². The van der Waals surface area contributed by atoms with Gasteiger partial charge in [0.15, 0.2) is 11.9 Å². The van der Waals surface area contributed by atoms with Gasteiger partial charge in [-0.25, -0.2) is 9.97 Å². The standard InChI is InChI=1S/C34H36N4O5.K/c1-5-6-11-30-29(32(40)38(22(2)35-30)25-16-18-26(19-17-25)42-34(3,4)21-39)20-23-12-14-24(15-13-23)27-9-7-8-10-28(27)31-36-33(41)43-37-31;/h7-10,12-19,39H,5-6,11,20-21H2,1-4H3,(H,36,37,41);/q;+1/p-1. The Kier molecular flexibility index (Phi) is 11.3. The number of aliphatic hydroxyl groups is 1. The van der Waals surface area contributed by atoms with Crippen molar-refractivity contribution in [2.24, 2.45) is 0 Å². The third-order valence-corrected chi connectivity index (χ3v) is 7.29. The first kappa shape index (κ1) is 33.8. The number of aromatic nitrogens is 4. The molecule has 222 valence electrons. The maximum Gasteiger partial charge on any atom is 1.00 e. The number of aryl methyl sites for hydroxylation is 2. The summed E-state index contributed by atoms with van der Waals surface area (Å²) in [6.45, 7) is 7.48. The van der Waals surface area contributed by atoms with Crippen LogP contribution in [0.4, 0.5) is 0 Å². The number of unbranched alkanes of at least 4 members (excludes halogenated alkanes) is 1. The van der Waals surface area contributed by atoms with Crippen LogP contribution in [0.5, 0.6) is 11.8 Å². The maximum absolute atomic E-state index is 14.0. The van der Waals surface area contributed by atoms with E-state index in [9.17, 15) is 15.0 Å². The molecule has 0 unspecified atom stereocenters. The van der Waals surface area contributed by atoms with E-state index in [0.717, 1.165) is 41.6 Å². The van der Waals surface area contributed by atoms with Gasteiger partial charge in [0.05, 0.1) is 18.0 Å². The number of hydrogen-bond donors (Lipinski definition) is 1. The van der Waals surface area contributed by atoms with E-state index in [4.69, 9.17) is 9.72 Å². The molecule has 0 spiro atoms. The summed E-state index contributed by atoms with van der Waals surface area (Å²) >= 11 is 0. The van der Waals surface area contributed by atoms with Gasteiger partial charge in [0.2, 0.25) is 0 Å². The van der Waals surface area contributed by atoms with Crippen LogP contribution in [0, 0.1) is 6.92 Å². The zero-order chi connectivity index (χ0) is 30.6. The first-order valence-electron chi connectivity index (χ1n) is 14.4. The molecule has 2 aromatic heterocycles. The van der Waals surface area contributed by atoms with Crippen LogP contribution in [-0.2, 0) is 12.8 Å². The van der Waals surface area contributed by atoms with Gasteiger partial charge < -0.3 is 19.5 Å². The first-order chi connectivity index (χ1) is 20.7. The topological polar surface area (TPSA) is 126 Å². The molecule has 9 nitrogen and oxygen atoms in total. The van der Waals surface area contributed by atoms with Crippen molar-refractivity contribution < 1.29 is 70.9 Å². The summed E-state index contributed by atoms with van der Waals surface area (Å²) in [4.78, 5) is 22.8. The molecule has 0 saturated heterocycles. The molecule has 5 aromatic rings. The van der Waals surface area contributed by atoms with Crippen LogP contribution in [0.2, 0.25) is 0 Å². The third-order valence-electron chi connectivity index (χ3n) is 7.29. The molecule has 3 aromatic carbocycles. The Morgan fingerprint density at radius 3 is 2.27 bits per heavy atom. The second kappa shape index (κ2) is 14.8. The third kappa shape index (κ3) is 7.74. The van der Waals surface area contributed by atoms with Gasteiger partial charge >= 0.3 is 51.4 Å². The van der Waals surface area contributed by atoms with Gasteiger partial charge in [0.1, 0.15) is 17.2 Å². The predicted molar refractivity (Wildman–Crippen MR) is 162 cm³/mol. The number of aliphatic hydroxyl groups excluding tert-OH is 1. The minimum Gasteiger partial charge on any atom is -0.528 e. The van der Waals surface area contributed by atoms with Crippen molar-refractivity contribution in [3.8, 4) is 40.0 Å². The molecule has 0 aliphatic heterocycles. The molecule has 44 heavy (non-hydrogen) atoms. The molecule has 0 aliphatic carbocycles. The van der Waals surface area contributed by atoms with E-state index in [2.05, 4.69) is 21.6 Å². The smallest absolute Gasteiger partial charge is 0.528 e. The monoisotopic (exact) mass is 618 g/mol. The minimum absolute atomic E-state index is 0. The quantitative estimate of drug-likeness (QED) is 0.224. The van der Waals surface area contributed by atoms with Crippen molar-refractivity contribution in [2.75, 3.05) is 6.61 Å². The Labute approximate surface area is 299 Å². The van der Waals surface area contributed by atoms with Gasteiger partial charge in [-0.1, -0.05) is 61.9 Å². The van der Waals surface area contributed by atoms with Gasteiger partial charge in [-0.3, -0.25) is 9.36 Å². The van der Waals surface area contributed by atoms with Gasteiger partial charge in [-0.05, 0) is 74.6 Å². The average Bonchev–Trinajstić information content (AvgIpc) is 3.44. The fraction of sp³-hybridized carbons (Fsp3) is 0.294. The van der Waals surface area contributed by atoms with E-state index in [1.807, 2.05) is 81.4 Å². The predicted octanol–water partition coefficient (Wildman–Crippen LogP) is 2.42. The zero-order valence-electron chi connectivity index (χ0n) is 25.8. The summed E-state index contributed by atoms with van der Waals surface area (Å²) < 4.78 is 12.2. The number of benzene rings is 3. The Bertz CT molecular complexity index is 1760. The van der Waals surface area contributed by atoms with Gasteiger partial charge in [-0.2, -0.15) is 5.16 Å². The van der Waals surface area contributed by atoms with E-state index in [1.165, 1.54) is 0 Å². The van der Waals surface area contributed by atoms with Crippen molar-refractivity contribution >= 4 is 0 Å². The molecule has 1 N–H and O–H groups in total. The summed E-state index contributed by atoms with van der Waals surface area (Å²) in [7, 11) is 0. The molecule has 0 fully saturated rings. The fourth-order valence-electron chi connectivity index (χ4n) is 5.02. The molecule has 10 heteroatoms. The number of rotatable bonds is 11. The molecule has 0 aliphatic rings. The summed E-state index contributed by atoms with van der Waals surface area (Å²) in [5, 5.41) is 24.8. The number of hydrogen-bond acceptors (Lipinski definition) is 8. The van der Waals surface area contributed by atoms with Crippen molar-refractivity contribution in [1.29, 1.82) is 0 Å². The van der Waals surface area contributed by atoms with E-state index in [1.54, 1.807) is 16.7 Å². The van der Waals surface area contributed by atoms with Crippen LogP contribution in [0.1, 0.15) is 56.3 Å². The Morgan fingerprint density at radius 2 is 1.66 bits per heavy atom. The van der Waals surface area contributed by atoms with Crippen molar-refractivity contribution in [3.05, 3.63) is 106 Å². The van der Waals surface area contributed by atoms with Gasteiger partial charge in [-0.15, -0.1) is 0 Å². The minimum atomic E-state index is -0.730. The summed E-state index contributed by atoms with van der Waals surface area (Å²) in [5.41, 5.74) is 4.85. The Morgan fingerprint density at radius 1 is 0.977 bits per heavy atom. The SMILES string of the molecule is CCCCc1nc(C)n(-c2ccc(OC(C)(C)CO)cc2)c(=O)c1Cc1ccc(-c2ccccc2-c2noc([O-])n2)cc1.[K+]. The molecule has 5 rings (SSSR count). The van der Waals surface area contributed by atoms with Crippen LogP contribution >= 0.6 is 0 Å². The summed E-state index contributed by atoms with van der Waals surface area (Å²) in [6, 6.07) is 22.8. The first-order valence-corrected chi connectivity index (χ1v) is 14.4. The van der Waals surface area contributed by atoms with Crippen LogP contribution in [0.25, 0.3) is 28.2 Å². The number of nitrogens with zero attached hydrogens (tertiary/aromatic N) is 4. The molecule has 0 saturated carbocycles. The van der Waals surface area contributed by atoms with Crippen LogP contribution in [0.3, 0.4) is 0 Å². The normalized spacial score (nSPS) is 11.3. The molecular weight excluding hydrogens is 583 g/mol. The van der Waals surface area contributed by atoms with Crippen molar-refractivity contribution in [3.63, 3.8) is 0 Å².